The number of fused-ring (bicyclic) bond motifs is 1. The summed E-state index contributed by atoms with van der Waals surface area (Å²) in [5, 5.41) is 9.42. The van der Waals surface area contributed by atoms with E-state index in [0.717, 1.165) is 11.1 Å². The first-order valence-electron chi connectivity index (χ1n) is 7.06. The number of aliphatic hydroxyl groups excluding tert-OH is 1. The molecule has 0 unspecified atom stereocenters. The zero-order chi connectivity index (χ0) is 14.9. The van der Waals surface area contributed by atoms with E-state index >= 15 is 0 Å². The van der Waals surface area contributed by atoms with Gasteiger partial charge in [0.1, 0.15) is 0 Å². The van der Waals surface area contributed by atoms with Gasteiger partial charge in [0.25, 0.3) is 0 Å². The molecule has 0 saturated carbocycles. The van der Waals surface area contributed by atoms with Crippen LogP contribution in [0, 0.1) is 0 Å². The fourth-order valence-electron chi connectivity index (χ4n) is 3.21. The van der Waals surface area contributed by atoms with Gasteiger partial charge in [-0.05, 0) is 42.5 Å². The highest BCUT2D eigenvalue weighted by atomic mass is 32.2. The number of rotatable bonds is 4. The van der Waals surface area contributed by atoms with Gasteiger partial charge in [0.2, 0.25) is 0 Å². The highest BCUT2D eigenvalue weighted by Gasteiger charge is 2.48. The standard InChI is InChI=1S/C17H18O3S/c18-11-10-17(12-14-6-4-5-7-15(14)13-17)21(19,20)16-8-2-1-3-9-16/h1-9,18H,10-13H2. The summed E-state index contributed by atoms with van der Waals surface area (Å²) < 4.78 is 25.3. The normalized spacial score (nSPS) is 16.6. The molecular weight excluding hydrogens is 284 g/mol. The monoisotopic (exact) mass is 302 g/mol. The molecule has 0 fully saturated rings. The molecule has 3 nitrogen and oxygen atoms in total. The minimum atomic E-state index is -3.49. The smallest absolute Gasteiger partial charge is 0.184 e. The van der Waals surface area contributed by atoms with Crippen molar-refractivity contribution >= 4 is 9.84 Å². The molecule has 3 rings (SSSR count). The molecule has 0 spiro atoms. The third-order valence-electron chi connectivity index (χ3n) is 4.33. The fourth-order valence-corrected chi connectivity index (χ4v) is 5.28. The van der Waals surface area contributed by atoms with Crippen molar-refractivity contribution in [2.24, 2.45) is 0 Å². The summed E-state index contributed by atoms with van der Waals surface area (Å²) in [6.07, 6.45) is 1.21. The Bertz CT molecular complexity index is 711. The van der Waals surface area contributed by atoms with E-state index < -0.39 is 14.6 Å². The van der Waals surface area contributed by atoms with Crippen molar-refractivity contribution in [1.82, 2.24) is 0 Å². The number of sulfone groups is 1. The minimum absolute atomic E-state index is 0.125. The highest BCUT2D eigenvalue weighted by molar-refractivity contribution is 7.92. The van der Waals surface area contributed by atoms with E-state index in [4.69, 9.17) is 0 Å². The van der Waals surface area contributed by atoms with Crippen LogP contribution >= 0.6 is 0 Å². The van der Waals surface area contributed by atoms with E-state index in [1.807, 2.05) is 24.3 Å². The lowest BCUT2D eigenvalue weighted by Crippen LogP contribution is -2.40. The topological polar surface area (TPSA) is 54.4 Å². The largest absolute Gasteiger partial charge is 0.396 e. The first-order valence-corrected chi connectivity index (χ1v) is 8.55. The van der Waals surface area contributed by atoms with Gasteiger partial charge in [-0.25, -0.2) is 8.42 Å². The average molecular weight is 302 g/mol. The Hall–Kier alpha value is -1.65. The lowest BCUT2D eigenvalue weighted by molar-refractivity contribution is 0.265. The molecule has 0 saturated heterocycles. The number of hydrogen-bond acceptors (Lipinski definition) is 3. The molecular formula is C17H18O3S. The summed E-state index contributed by atoms with van der Waals surface area (Å²) >= 11 is 0. The van der Waals surface area contributed by atoms with Crippen molar-refractivity contribution in [2.45, 2.75) is 28.9 Å². The van der Waals surface area contributed by atoms with Crippen LogP contribution in [0.15, 0.2) is 59.5 Å². The van der Waals surface area contributed by atoms with E-state index in [9.17, 15) is 13.5 Å². The predicted molar refractivity (Wildman–Crippen MR) is 81.9 cm³/mol. The second-order valence-electron chi connectivity index (χ2n) is 5.60. The Morgan fingerprint density at radius 1 is 0.905 bits per heavy atom. The molecule has 2 aromatic rings. The van der Waals surface area contributed by atoms with Gasteiger partial charge in [0.15, 0.2) is 9.84 Å². The summed E-state index contributed by atoms with van der Waals surface area (Å²) in [6, 6.07) is 16.4. The van der Waals surface area contributed by atoms with Gasteiger partial charge in [0, 0.05) is 6.61 Å². The molecule has 0 atom stereocenters. The maximum Gasteiger partial charge on any atom is 0.184 e. The maximum atomic E-state index is 13.1. The first-order chi connectivity index (χ1) is 10.1. The van der Waals surface area contributed by atoms with Crippen molar-refractivity contribution < 1.29 is 13.5 Å². The van der Waals surface area contributed by atoms with Gasteiger partial charge in [-0.2, -0.15) is 0 Å². The maximum absolute atomic E-state index is 13.1. The molecule has 0 bridgehead atoms. The van der Waals surface area contributed by atoms with Gasteiger partial charge < -0.3 is 5.11 Å². The van der Waals surface area contributed by atoms with E-state index in [1.54, 1.807) is 30.3 Å². The molecule has 0 amide bonds. The first kappa shape index (κ1) is 14.3. The van der Waals surface area contributed by atoms with Gasteiger partial charge >= 0.3 is 0 Å². The summed E-state index contributed by atoms with van der Waals surface area (Å²) in [7, 11) is -3.49. The molecule has 4 heteroatoms. The zero-order valence-electron chi connectivity index (χ0n) is 11.7. The third-order valence-corrected chi connectivity index (χ3v) is 6.86. The van der Waals surface area contributed by atoms with Crippen LogP contribution in [0.3, 0.4) is 0 Å². The van der Waals surface area contributed by atoms with E-state index in [2.05, 4.69) is 0 Å². The molecule has 0 aliphatic heterocycles. The summed E-state index contributed by atoms with van der Waals surface area (Å²) in [6.45, 7) is -0.125. The summed E-state index contributed by atoms with van der Waals surface area (Å²) in [4.78, 5) is 0.339. The highest BCUT2D eigenvalue weighted by Crippen LogP contribution is 2.41. The molecule has 1 N–H and O–H groups in total. The van der Waals surface area contributed by atoms with Crippen LogP contribution in [-0.2, 0) is 22.7 Å². The van der Waals surface area contributed by atoms with E-state index in [-0.39, 0.29) is 13.0 Å². The van der Waals surface area contributed by atoms with E-state index in [1.165, 1.54) is 0 Å². The van der Waals surface area contributed by atoms with Crippen LogP contribution in [0.2, 0.25) is 0 Å². The predicted octanol–water partition coefficient (Wildman–Crippen LogP) is 2.38. The second-order valence-corrected chi connectivity index (χ2v) is 7.94. The van der Waals surface area contributed by atoms with Crippen molar-refractivity contribution in [3.63, 3.8) is 0 Å². The van der Waals surface area contributed by atoms with Gasteiger partial charge in [0.05, 0.1) is 9.64 Å². The zero-order valence-corrected chi connectivity index (χ0v) is 12.5. The van der Waals surface area contributed by atoms with E-state index in [0.29, 0.717) is 17.7 Å². The average Bonchev–Trinajstić information content (AvgIpc) is 2.88. The van der Waals surface area contributed by atoms with Gasteiger partial charge in [-0.3, -0.25) is 0 Å². The molecule has 110 valence electrons. The van der Waals surface area contributed by atoms with Crippen molar-refractivity contribution in [1.29, 1.82) is 0 Å². The molecule has 0 radical (unpaired) electrons. The number of benzene rings is 2. The van der Waals surface area contributed by atoms with Gasteiger partial charge in [-0.15, -0.1) is 0 Å². The number of aliphatic hydroxyl groups is 1. The molecule has 2 aromatic carbocycles. The van der Waals surface area contributed by atoms with Crippen LogP contribution in [0.5, 0.6) is 0 Å². The molecule has 1 aliphatic rings. The Labute approximate surface area is 125 Å². The van der Waals surface area contributed by atoms with Gasteiger partial charge in [-0.1, -0.05) is 42.5 Å². The fraction of sp³-hybridized carbons (Fsp3) is 0.294. The van der Waals surface area contributed by atoms with Crippen LogP contribution in [0.1, 0.15) is 17.5 Å². The molecule has 1 aliphatic carbocycles. The van der Waals surface area contributed by atoms with Crippen LogP contribution < -0.4 is 0 Å². The Morgan fingerprint density at radius 3 is 1.95 bits per heavy atom. The van der Waals surface area contributed by atoms with Crippen molar-refractivity contribution in [3.8, 4) is 0 Å². The Kier molecular flexibility index (Phi) is 3.59. The van der Waals surface area contributed by atoms with Crippen LogP contribution in [0.4, 0.5) is 0 Å². The Morgan fingerprint density at radius 2 is 1.43 bits per heavy atom. The van der Waals surface area contributed by atoms with Crippen LogP contribution in [-0.4, -0.2) is 24.9 Å². The lowest BCUT2D eigenvalue weighted by Gasteiger charge is -2.28. The second kappa shape index (κ2) is 5.28. The Balaban J connectivity index is 2.09. The van der Waals surface area contributed by atoms with Crippen molar-refractivity contribution in [3.05, 3.63) is 65.7 Å². The summed E-state index contributed by atoms with van der Waals surface area (Å²) in [5.41, 5.74) is 2.15. The SMILES string of the molecule is O=S(=O)(c1ccccc1)C1(CCO)Cc2ccccc2C1. The lowest BCUT2D eigenvalue weighted by atomic mass is 10.0. The third kappa shape index (κ3) is 2.28. The minimum Gasteiger partial charge on any atom is -0.396 e. The van der Waals surface area contributed by atoms with Crippen molar-refractivity contribution in [2.75, 3.05) is 6.61 Å². The van der Waals surface area contributed by atoms with Crippen LogP contribution in [0.25, 0.3) is 0 Å². The molecule has 21 heavy (non-hydrogen) atoms. The summed E-state index contributed by atoms with van der Waals surface area (Å²) in [5.74, 6) is 0. The quantitative estimate of drug-likeness (QED) is 0.943. The molecule has 0 heterocycles. The number of hydrogen-bond donors (Lipinski definition) is 1. The molecule has 0 aromatic heterocycles.